The van der Waals surface area contributed by atoms with Gasteiger partial charge in [0.2, 0.25) is 0 Å². The lowest BCUT2D eigenvalue weighted by Crippen LogP contribution is -2.44. The molecule has 0 fully saturated rings. The van der Waals surface area contributed by atoms with E-state index in [-0.39, 0.29) is 17.9 Å². The minimum Gasteiger partial charge on any atom is -0.483 e. The molecule has 1 aliphatic heterocycles. The van der Waals surface area contributed by atoms with Crippen molar-refractivity contribution in [1.82, 2.24) is 21.0 Å². The molecule has 4 rings (SSSR count). The number of carbonyl (C=O) groups excluding carboxylic acids is 2. The Hall–Kier alpha value is -3.88. The maximum atomic E-state index is 12.4. The van der Waals surface area contributed by atoms with Crippen LogP contribution in [0.2, 0.25) is 0 Å². The second kappa shape index (κ2) is 7.51. The van der Waals surface area contributed by atoms with Crippen molar-refractivity contribution >= 4 is 22.6 Å². The summed E-state index contributed by atoms with van der Waals surface area (Å²) >= 11 is 0. The number of hydrazine groups is 1. The van der Waals surface area contributed by atoms with Crippen LogP contribution in [0.25, 0.3) is 10.8 Å². The Morgan fingerprint density at radius 3 is 2.70 bits per heavy atom. The van der Waals surface area contributed by atoms with Gasteiger partial charge < -0.3 is 9.47 Å². The minimum atomic E-state index is -0.665. The molecule has 2 heterocycles. The average molecular weight is 408 g/mol. The van der Waals surface area contributed by atoms with Gasteiger partial charge in [-0.25, -0.2) is 5.10 Å². The zero-order chi connectivity index (χ0) is 21.3. The summed E-state index contributed by atoms with van der Waals surface area (Å²) in [4.78, 5) is 36.3. The quantitative estimate of drug-likeness (QED) is 0.562. The first-order valence-corrected chi connectivity index (χ1v) is 9.34. The number of rotatable bonds is 4. The van der Waals surface area contributed by atoms with Crippen LogP contribution < -0.4 is 25.9 Å². The number of amides is 2. The lowest BCUT2D eigenvalue weighted by molar-refractivity contribution is -0.123. The van der Waals surface area contributed by atoms with Gasteiger partial charge >= 0.3 is 0 Å². The average Bonchev–Trinajstić information content (AvgIpc) is 3.05. The number of hydrogen-bond donors (Lipinski definition) is 3. The molecule has 3 N–H and O–H groups in total. The van der Waals surface area contributed by atoms with Crippen LogP contribution in [-0.4, -0.2) is 34.2 Å². The topological polar surface area (TPSA) is 122 Å². The number of nitrogens with zero attached hydrogens (tertiary/aromatic N) is 1. The molecular weight excluding hydrogens is 388 g/mol. The summed E-state index contributed by atoms with van der Waals surface area (Å²) in [6, 6.07) is 12.1. The second-order valence-corrected chi connectivity index (χ2v) is 7.52. The fourth-order valence-electron chi connectivity index (χ4n) is 3.35. The molecule has 9 nitrogen and oxygen atoms in total. The summed E-state index contributed by atoms with van der Waals surface area (Å²) in [5.41, 5.74) is 4.83. The highest BCUT2D eigenvalue weighted by Crippen LogP contribution is 2.41. The molecule has 0 bridgehead atoms. The Balaban J connectivity index is 1.38. The van der Waals surface area contributed by atoms with E-state index in [0.29, 0.717) is 22.3 Å². The summed E-state index contributed by atoms with van der Waals surface area (Å²) < 4.78 is 11.5. The van der Waals surface area contributed by atoms with E-state index in [1.807, 2.05) is 26.0 Å². The van der Waals surface area contributed by atoms with Crippen LogP contribution in [0.15, 0.2) is 47.3 Å². The molecule has 2 amide bonds. The number of carbonyl (C=O) groups is 2. The molecule has 3 aromatic rings. The number of ether oxygens (including phenoxy) is 2. The maximum absolute atomic E-state index is 12.4. The molecule has 30 heavy (non-hydrogen) atoms. The van der Waals surface area contributed by atoms with Crippen molar-refractivity contribution in [2.45, 2.75) is 25.9 Å². The van der Waals surface area contributed by atoms with Crippen molar-refractivity contribution in [3.8, 4) is 11.5 Å². The van der Waals surface area contributed by atoms with E-state index in [2.05, 4.69) is 21.0 Å². The lowest BCUT2D eigenvalue weighted by Gasteiger charge is -2.18. The third-order valence-corrected chi connectivity index (χ3v) is 4.64. The molecule has 0 aliphatic carbocycles. The van der Waals surface area contributed by atoms with Crippen molar-refractivity contribution in [3.63, 3.8) is 0 Å². The summed E-state index contributed by atoms with van der Waals surface area (Å²) in [6.07, 6.45) is 0.752. The fourth-order valence-corrected chi connectivity index (χ4v) is 3.35. The molecule has 0 radical (unpaired) electrons. The highest BCUT2D eigenvalue weighted by Gasteiger charge is 2.32. The van der Waals surface area contributed by atoms with E-state index >= 15 is 0 Å². The summed E-state index contributed by atoms with van der Waals surface area (Å²) in [5, 5.41) is 6.76. The molecule has 0 spiro atoms. The van der Waals surface area contributed by atoms with Crippen molar-refractivity contribution in [2.24, 2.45) is 0 Å². The van der Waals surface area contributed by atoms with Crippen LogP contribution in [0.1, 0.15) is 29.9 Å². The monoisotopic (exact) mass is 408 g/mol. The fraction of sp³-hybridized carbons (Fsp3) is 0.238. The first kappa shape index (κ1) is 19.4. The van der Waals surface area contributed by atoms with Gasteiger partial charge in [0, 0.05) is 17.4 Å². The largest absolute Gasteiger partial charge is 0.483 e. The maximum Gasteiger partial charge on any atom is 0.290 e. The number of H-pyrrole nitrogens is 1. The Labute approximate surface area is 171 Å². The number of nitrogens with one attached hydrogen (secondary N) is 3. The molecule has 0 atom stereocenters. The Morgan fingerprint density at radius 2 is 1.90 bits per heavy atom. The summed E-state index contributed by atoms with van der Waals surface area (Å²) in [7, 11) is 0. The molecule has 2 aromatic carbocycles. The number of aromatic amines is 1. The van der Waals surface area contributed by atoms with E-state index in [0.717, 1.165) is 12.0 Å². The molecule has 9 heteroatoms. The summed E-state index contributed by atoms with van der Waals surface area (Å²) in [5.74, 6) is -0.135. The smallest absolute Gasteiger partial charge is 0.290 e. The third kappa shape index (κ3) is 3.82. The van der Waals surface area contributed by atoms with Crippen molar-refractivity contribution in [3.05, 3.63) is 64.1 Å². The van der Waals surface area contributed by atoms with Gasteiger partial charge in [0.25, 0.3) is 17.4 Å². The first-order valence-electron chi connectivity index (χ1n) is 9.34. The Morgan fingerprint density at radius 1 is 1.13 bits per heavy atom. The predicted octanol–water partition coefficient (Wildman–Crippen LogP) is 1.48. The Bertz CT molecular complexity index is 1200. The van der Waals surface area contributed by atoms with Crippen molar-refractivity contribution in [2.75, 3.05) is 6.61 Å². The standard InChI is InChI=1S/C21H20N4O5/c1-21(2)10-12-6-5-9-15(18(12)30-21)29-11-16(26)22-25-20(28)17-13-7-3-4-8-14(13)19(27)24-23-17/h3-9H,10-11H2,1-2H3,(H,22,26)(H,24,27)(H,25,28). The number of hydrogen-bond acceptors (Lipinski definition) is 6. The van der Waals surface area contributed by atoms with Crippen LogP contribution in [-0.2, 0) is 11.2 Å². The van der Waals surface area contributed by atoms with Crippen LogP contribution in [0.3, 0.4) is 0 Å². The first-order chi connectivity index (χ1) is 14.3. The zero-order valence-electron chi connectivity index (χ0n) is 16.4. The molecule has 0 unspecified atom stereocenters. The number of fused-ring (bicyclic) bond motifs is 2. The van der Waals surface area contributed by atoms with Gasteiger partial charge in [-0.3, -0.25) is 25.2 Å². The zero-order valence-corrected chi connectivity index (χ0v) is 16.4. The van der Waals surface area contributed by atoms with Crippen LogP contribution in [0, 0.1) is 0 Å². The molecule has 1 aliphatic rings. The van der Waals surface area contributed by atoms with E-state index in [1.165, 1.54) is 0 Å². The van der Waals surface area contributed by atoms with Crippen molar-refractivity contribution in [1.29, 1.82) is 0 Å². The van der Waals surface area contributed by atoms with Gasteiger partial charge in [0.1, 0.15) is 5.60 Å². The van der Waals surface area contributed by atoms with E-state index in [4.69, 9.17) is 9.47 Å². The molecule has 154 valence electrons. The predicted molar refractivity (Wildman–Crippen MR) is 108 cm³/mol. The van der Waals surface area contributed by atoms with Gasteiger partial charge in [0.05, 0.1) is 5.39 Å². The third-order valence-electron chi connectivity index (χ3n) is 4.64. The number of benzene rings is 2. The molecule has 0 saturated carbocycles. The van der Waals surface area contributed by atoms with Crippen LogP contribution in [0.4, 0.5) is 0 Å². The van der Waals surface area contributed by atoms with Gasteiger partial charge in [-0.05, 0) is 26.0 Å². The van der Waals surface area contributed by atoms with Gasteiger partial charge in [0.15, 0.2) is 23.8 Å². The second-order valence-electron chi connectivity index (χ2n) is 7.52. The highest BCUT2D eigenvalue weighted by atomic mass is 16.5. The van der Waals surface area contributed by atoms with E-state index < -0.39 is 17.4 Å². The Kier molecular flexibility index (Phi) is 4.86. The van der Waals surface area contributed by atoms with Crippen LogP contribution in [0.5, 0.6) is 11.5 Å². The van der Waals surface area contributed by atoms with Gasteiger partial charge in [-0.1, -0.05) is 30.3 Å². The SMILES string of the molecule is CC1(C)Cc2cccc(OCC(=O)NNC(=O)c3n[nH]c(=O)c4ccccc34)c2O1. The molecule has 0 saturated heterocycles. The number of para-hydroxylation sites is 1. The molecule has 1 aromatic heterocycles. The van der Waals surface area contributed by atoms with Gasteiger partial charge in [-0.15, -0.1) is 0 Å². The summed E-state index contributed by atoms with van der Waals surface area (Å²) in [6.45, 7) is 3.64. The minimum absolute atomic E-state index is 0.0112. The lowest BCUT2D eigenvalue weighted by atomic mass is 10.0. The number of aromatic nitrogens is 2. The normalized spacial score (nSPS) is 13.9. The van der Waals surface area contributed by atoms with E-state index in [1.54, 1.807) is 30.3 Å². The van der Waals surface area contributed by atoms with Crippen molar-refractivity contribution < 1.29 is 19.1 Å². The van der Waals surface area contributed by atoms with Crippen LogP contribution >= 0.6 is 0 Å². The molecular formula is C21H20N4O5. The highest BCUT2D eigenvalue weighted by molar-refractivity contribution is 6.05. The van der Waals surface area contributed by atoms with E-state index in [9.17, 15) is 14.4 Å². The van der Waals surface area contributed by atoms with Gasteiger partial charge in [-0.2, -0.15) is 5.10 Å².